The van der Waals surface area contributed by atoms with Crippen molar-refractivity contribution in [2.75, 3.05) is 18.9 Å². The van der Waals surface area contributed by atoms with E-state index in [1.54, 1.807) is 0 Å². The second kappa shape index (κ2) is 6.96. The Morgan fingerprint density at radius 1 is 1.26 bits per heavy atom. The van der Waals surface area contributed by atoms with E-state index in [-0.39, 0.29) is 5.91 Å². The van der Waals surface area contributed by atoms with Crippen LogP contribution in [0.4, 0.5) is 5.69 Å². The van der Waals surface area contributed by atoms with Crippen LogP contribution in [-0.2, 0) is 18.4 Å². The topological polar surface area (TPSA) is 50.2 Å². The summed E-state index contributed by atoms with van der Waals surface area (Å²) in [4.78, 5) is 14.3. The molecule has 1 aromatic carbocycles. The van der Waals surface area contributed by atoms with E-state index in [1.807, 2.05) is 56.6 Å². The molecule has 0 saturated carbocycles. The number of aromatic nitrogens is 2. The van der Waals surface area contributed by atoms with E-state index in [0.717, 1.165) is 22.6 Å². The highest BCUT2D eigenvalue weighted by Gasteiger charge is 2.14. The Bertz CT molecular complexity index is 718. The third-order valence-corrected chi connectivity index (χ3v) is 4.16. The summed E-state index contributed by atoms with van der Waals surface area (Å²) in [5, 5.41) is 7.41. The molecule has 1 amide bonds. The van der Waals surface area contributed by atoms with Crippen LogP contribution in [0.15, 0.2) is 18.2 Å². The van der Waals surface area contributed by atoms with Gasteiger partial charge in [-0.2, -0.15) is 5.10 Å². The molecule has 0 aliphatic carbocycles. The smallest absolute Gasteiger partial charge is 0.238 e. The van der Waals surface area contributed by atoms with E-state index < -0.39 is 0 Å². The maximum atomic E-state index is 12.3. The number of anilines is 1. The van der Waals surface area contributed by atoms with Crippen molar-refractivity contribution < 1.29 is 4.79 Å². The number of hydrogen-bond acceptors (Lipinski definition) is 3. The molecule has 0 radical (unpaired) electrons. The molecule has 0 fully saturated rings. The number of carbonyl (C=O) groups is 1. The van der Waals surface area contributed by atoms with Gasteiger partial charge in [0.05, 0.1) is 12.2 Å². The molecular weight excluding hydrogens is 288 g/mol. The molecule has 0 aliphatic heterocycles. The van der Waals surface area contributed by atoms with E-state index in [9.17, 15) is 4.79 Å². The monoisotopic (exact) mass is 314 g/mol. The fourth-order valence-electron chi connectivity index (χ4n) is 2.76. The van der Waals surface area contributed by atoms with Gasteiger partial charge in [-0.1, -0.05) is 17.7 Å². The van der Waals surface area contributed by atoms with Gasteiger partial charge in [-0.15, -0.1) is 0 Å². The van der Waals surface area contributed by atoms with E-state index >= 15 is 0 Å². The lowest BCUT2D eigenvalue weighted by Gasteiger charge is -2.17. The van der Waals surface area contributed by atoms with Crippen molar-refractivity contribution in [1.29, 1.82) is 0 Å². The summed E-state index contributed by atoms with van der Waals surface area (Å²) in [5.41, 5.74) is 6.51. The van der Waals surface area contributed by atoms with Crippen LogP contribution >= 0.6 is 0 Å². The van der Waals surface area contributed by atoms with Crippen molar-refractivity contribution in [2.45, 2.75) is 34.2 Å². The van der Waals surface area contributed by atoms with Crippen LogP contribution in [-0.4, -0.2) is 34.2 Å². The zero-order valence-corrected chi connectivity index (χ0v) is 14.9. The Hall–Kier alpha value is -2.14. The number of likely N-dealkylation sites (N-methyl/N-ethyl adjacent to an activating group) is 1. The molecule has 5 heteroatoms. The molecule has 0 aliphatic rings. The van der Waals surface area contributed by atoms with E-state index in [4.69, 9.17) is 0 Å². The van der Waals surface area contributed by atoms with Gasteiger partial charge in [0.1, 0.15) is 0 Å². The van der Waals surface area contributed by atoms with Crippen molar-refractivity contribution in [3.05, 3.63) is 46.3 Å². The van der Waals surface area contributed by atoms with Gasteiger partial charge in [0.25, 0.3) is 0 Å². The molecule has 5 nitrogen and oxygen atoms in total. The van der Waals surface area contributed by atoms with Crippen molar-refractivity contribution in [2.24, 2.45) is 7.05 Å². The molecule has 2 aromatic rings. The Balaban J connectivity index is 1.97. The van der Waals surface area contributed by atoms with Gasteiger partial charge in [-0.05, 0) is 46.4 Å². The lowest BCUT2D eigenvalue weighted by molar-refractivity contribution is -0.117. The lowest BCUT2D eigenvalue weighted by Crippen LogP contribution is -2.30. The highest BCUT2D eigenvalue weighted by molar-refractivity contribution is 5.92. The molecule has 0 atom stereocenters. The SMILES string of the molecule is Cc1ccc(NC(=O)CN(C)Cc2c(C)nn(C)c2C)c(C)c1. The minimum Gasteiger partial charge on any atom is -0.325 e. The van der Waals surface area contributed by atoms with E-state index in [2.05, 4.69) is 23.4 Å². The minimum absolute atomic E-state index is 0.00125. The second-order valence-corrected chi connectivity index (χ2v) is 6.31. The first-order chi connectivity index (χ1) is 10.8. The molecule has 0 saturated heterocycles. The van der Waals surface area contributed by atoms with Crippen LogP contribution < -0.4 is 5.32 Å². The summed E-state index contributed by atoms with van der Waals surface area (Å²) >= 11 is 0. The zero-order chi connectivity index (χ0) is 17.1. The molecule has 1 aromatic heterocycles. The first kappa shape index (κ1) is 17.2. The van der Waals surface area contributed by atoms with Crippen molar-refractivity contribution >= 4 is 11.6 Å². The van der Waals surface area contributed by atoms with Crippen molar-refractivity contribution in [3.8, 4) is 0 Å². The Labute approximate surface area is 138 Å². The molecular formula is C18H26N4O. The number of aryl methyl sites for hydroxylation is 4. The number of nitrogens with one attached hydrogen (secondary N) is 1. The molecule has 0 spiro atoms. The number of hydrogen-bond donors (Lipinski definition) is 1. The van der Waals surface area contributed by atoms with E-state index in [0.29, 0.717) is 13.1 Å². The lowest BCUT2D eigenvalue weighted by atomic mass is 10.1. The maximum Gasteiger partial charge on any atom is 0.238 e. The molecule has 0 bridgehead atoms. The summed E-state index contributed by atoms with van der Waals surface area (Å²) in [5.74, 6) is -0.00125. The minimum atomic E-state index is -0.00125. The quantitative estimate of drug-likeness (QED) is 0.923. The number of rotatable bonds is 5. The Morgan fingerprint density at radius 3 is 2.52 bits per heavy atom. The van der Waals surface area contributed by atoms with Crippen molar-refractivity contribution in [1.82, 2.24) is 14.7 Å². The number of benzene rings is 1. The fourth-order valence-corrected chi connectivity index (χ4v) is 2.76. The molecule has 0 unspecified atom stereocenters. The molecule has 2 rings (SSSR count). The van der Waals surface area contributed by atoms with Gasteiger partial charge in [-0.3, -0.25) is 14.4 Å². The van der Waals surface area contributed by atoms with Gasteiger partial charge in [0.2, 0.25) is 5.91 Å². The summed E-state index contributed by atoms with van der Waals surface area (Å²) in [7, 11) is 3.90. The Kier molecular flexibility index (Phi) is 5.21. The predicted molar refractivity (Wildman–Crippen MR) is 93.6 cm³/mol. The molecule has 23 heavy (non-hydrogen) atoms. The average Bonchev–Trinajstić information content (AvgIpc) is 2.68. The number of carbonyl (C=O) groups excluding carboxylic acids is 1. The van der Waals surface area contributed by atoms with Gasteiger partial charge >= 0.3 is 0 Å². The molecule has 1 heterocycles. The van der Waals surface area contributed by atoms with Crippen LogP contribution in [0.5, 0.6) is 0 Å². The predicted octanol–water partition coefficient (Wildman–Crippen LogP) is 2.72. The van der Waals surface area contributed by atoms with E-state index in [1.165, 1.54) is 11.1 Å². The van der Waals surface area contributed by atoms with Crippen LogP contribution in [0, 0.1) is 27.7 Å². The highest BCUT2D eigenvalue weighted by atomic mass is 16.2. The number of amides is 1. The highest BCUT2D eigenvalue weighted by Crippen LogP contribution is 2.17. The maximum absolute atomic E-state index is 12.3. The first-order valence-corrected chi connectivity index (χ1v) is 7.82. The standard InChI is InChI=1S/C18H26N4O/c1-12-7-8-17(13(2)9-12)19-18(23)11-21(5)10-16-14(3)20-22(6)15(16)4/h7-9H,10-11H2,1-6H3,(H,19,23). The van der Waals surface area contributed by atoms with Gasteiger partial charge in [-0.25, -0.2) is 0 Å². The molecule has 124 valence electrons. The average molecular weight is 314 g/mol. The van der Waals surface area contributed by atoms with Gasteiger partial charge in [0.15, 0.2) is 0 Å². The van der Waals surface area contributed by atoms with Crippen LogP contribution in [0.25, 0.3) is 0 Å². The van der Waals surface area contributed by atoms with Crippen LogP contribution in [0.1, 0.15) is 28.1 Å². The Morgan fingerprint density at radius 2 is 1.96 bits per heavy atom. The third-order valence-electron chi connectivity index (χ3n) is 4.16. The second-order valence-electron chi connectivity index (χ2n) is 6.31. The van der Waals surface area contributed by atoms with Gasteiger partial charge < -0.3 is 5.32 Å². The summed E-state index contributed by atoms with van der Waals surface area (Å²) in [6, 6.07) is 6.04. The largest absolute Gasteiger partial charge is 0.325 e. The summed E-state index contributed by atoms with van der Waals surface area (Å²) in [6.07, 6.45) is 0. The third kappa shape index (κ3) is 4.20. The normalized spacial score (nSPS) is 11.1. The van der Waals surface area contributed by atoms with Crippen LogP contribution in [0.2, 0.25) is 0 Å². The molecule has 1 N–H and O–H groups in total. The zero-order valence-electron chi connectivity index (χ0n) is 14.9. The summed E-state index contributed by atoms with van der Waals surface area (Å²) in [6.45, 7) is 9.18. The number of nitrogens with zero attached hydrogens (tertiary/aromatic N) is 3. The fraction of sp³-hybridized carbons (Fsp3) is 0.444. The first-order valence-electron chi connectivity index (χ1n) is 7.82. The summed E-state index contributed by atoms with van der Waals surface area (Å²) < 4.78 is 1.88. The van der Waals surface area contributed by atoms with Gasteiger partial charge in [0, 0.05) is 30.5 Å². The van der Waals surface area contributed by atoms with Crippen LogP contribution in [0.3, 0.4) is 0 Å². The van der Waals surface area contributed by atoms with Crippen molar-refractivity contribution in [3.63, 3.8) is 0 Å².